The zero-order valence-corrected chi connectivity index (χ0v) is 10.1. The number of H-pyrrole nitrogens is 1. The van der Waals surface area contributed by atoms with Crippen LogP contribution in [0.5, 0.6) is 0 Å². The maximum absolute atomic E-state index is 4.66. The van der Waals surface area contributed by atoms with E-state index in [9.17, 15) is 0 Å². The average Bonchev–Trinajstić information content (AvgIpc) is 2.58. The molecule has 1 heterocycles. The number of rotatable bonds is 1. The number of fused-ring (bicyclic) bond motifs is 1. The molecule has 0 fully saturated rings. The van der Waals surface area contributed by atoms with Crippen molar-refractivity contribution in [2.24, 2.45) is 0 Å². The van der Waals surface area contributed by atoms with Gasteiger partial charge in [-0.3, -0.25) is 0 Å². The molecule has 1 N–H and O–H groups in total. The summed E-state index contributed by atoms with van der Waals surface area (Å²) in [5.41, 5.74) is 6.28. The van der Waals surface area contributed by atoms with Gasteiger partial charge < -0.3 is 4.98 Å². The van der Waals surface area contributed by atoms with Crippen molar-refractivity contribution in [2.75, 3.05) is 0 Å². The molecule has 0 aliphatic carbocycles. The van der Waals surface area contributed by atoms with Crippen LogP contribution in [0.4, 0.5) is 0 Å². The van der Waals surface area contributed by atoms with E-state index in [2.05, 4.69) is 50.7 Å². The van der Waals surface area contributed by atoms with E-state index in [1.54, 1.807) is 0 Å². The molecule has 0 unspecified atom stereocenters. The van der Waals surface area contributed by atoms with Crippen molar-refractivity contribution in [3.05, 3.63) is 28.6 Å². The molecule has 0 atom stereocenters. The third-order valence-electron chi connectivity index (χ3n) is 3.17. The van der Waals surface area contributed by atoms with Gasteiger partial charge in [-0.05, 0) is 43.5 Å². The largest absolute Gasteiger partial charge is 0.342 e. The Balaban J connectivity index is 2.76. The first-order chi connectivity index (χ1) is 7.00. The van der Waals surface area contributed by atoms with Gasteiger partial charge in [0.05, 0.1) is 11.0 Å². The molecule has 15 heavy (non-hydrogen) atoms. The maximum atomic E-state index is 4.66. The van der Waals surface area contributed by atoms with E-state index in [4.69, 9.17) is 0 Å². The Morgan fingerprint density at radius 1 is 1.13 bits per heavy atom. The fraction of sp³-hybridized carbons (Fsp3) is 0.462. The molecule has 0 amide bonds. The minimum atomic E-state index is 0.456. The van der Waals surface area contributed by atoms with Gasteiger partial charge >= 0.3 is 0 Å². The maximum Gasteiger partial charge on any atom is 0.109 e. The van der Waals surface area contributed by atoms with Gasteiger partial charge in [-0.15, -0.1) is 0 Å². The van der Waals surface area contributed by atoms with Crippen molar-refractivity contribution in [1.82, 2.24) is 9.97 Å². The highest BCUT2D eigenvalue weighted by Gasteiger charge is 2.10. The molecule has 1 aromatic heterocycles. The molecule has 0 bridgehead atoms. The van der Waals surface area contributed by atoms with Gasteiger partial charge in [0.2, 0.25) is 0 Å². The van der Waals surface area contributed by atoms with Crippen LogP contribution in [0.25, 0.3) is 11.0 Å². The van der Waals surface area contributed by atoms with Crippen LogP contribution in [0, 0.1) is 20.8 Å². The zero-order valence-electron chi connectivity index (χ0n) is 10.1. The topological polar surface area (TPSA) is 28.7 Å². The van der Waals surface area contributed by atoms with Crippen LogP contribution >= 0.6 is 0 Å². The average molecular weight is 202 g/mol. The molecule has 0 aliphatic heterocycles. The van der Waals surface area contributed by atoms with E-state index in [0.29, 0.717) is 5.92 Å². The number of benzene rings is 1. The van der Waals surface area contributed by atoms with Crippen LogP contribution in [0.15, 0.2) is 6.07 Å². The lowest BCUT2D eigenvalue weighted by atomic mass is 10.0. The molecule has 0 spiro atoms. The molecule has 1 aromatic carbocycles. The molecule has 2 nitrogen and oxygen atoms in total. The summed E-state index contributed by atoms with van der Waals surface area (Å²) in [6, 6.07) is 2.19. The summed E-state index contributed by atoms with van der Waals surface area (Å²) < 4.78 is 0. The summed E-state index contributed by atoms with van der Waals surface area (Å²) in [5, 5.41) is 0. The van der Waals surface area contributed by atoms with Gasteiger partial charge in [0.15, 0.2) is 0 Å². The van der Waals surface area contributed by atoms with Crippen molar-refractivity contribution in [2.45, 2.75) is 40.5 Å². The lowest BCUT2D eigenvalue weighted by molar-refractivity contribution is 0.799. The van der Waals surface area contributed by atoms with Crippen LogP contribution < -0.4 is 0 Å². The molecular formula is C13H18N2. The minimum Gasteiger partial charge on any atom is -0.342 e. The molecule has 2 heteroatoms. The van der Waals surface area contributed by atoms with Crippen molar-refractivity contribution in [3.63, 3.8) is 0 Å². The Labute approximate surface area is 90.7 Å². The SMILES string of the molecule is Cc1cc2[nH]c(C(C)C)nc2c(C)c1C. The first-order valence-electron chi connectivity index (χ1n) is 5.47. The van der Waals surface area contributed by atoms with Crippen molar-refractivity contribution < 1.29 is 0 Å². The summed E-state index contributed by atoms with van der Waals surface area (Å²) in [4.78, 5) is 8.05. The number of nitrogens with one attached hydrogen (secondary N) is 1. The number of aromatic amines is 1. The van der Waals surface area contributed by atoms with Crippen molar-refractivity contribution >= 4 is 11.0 Å². The third-order valence-corrected chi connectivity index (χ3v) is 3.17. The quantitative estimate of drug-likeness (QED) is 0.751. The lowest BCUT2D eigenvalue weighted by Crippen LogP contribution is -1.89. The Morgan fingerprint density at radius 3 is 2.40 bits per heavy atom. The first kappa shape index (κ1) is 10.2. The molecule has 0 aliphatic rings. The fourth-order valence-corrected chi connectivity index (χ4v) is 1.87. The van der Waals surface area contributed by atoms with Crippen LogP contribution in [0.2, 0.25) is 0 Å². The summed E-state index contributed by atoms with van der Waals surface area (Å²) in [6.07, 6.45) is 0. The van der Waals surface area contributed by atoms with E-state index >= 15 is 0 Å². The smallest absolute Gasteiger partial charge is 0.109 e. The highest BCUT2D eigenvalue weighted by atomic mass is 14.9. The van der Waals surface area contributed by atoms with Gasteiger partial charge in [0.1, 0.15) is 5.82 Å². The normalized spacial score (nSPS) is 11.6. The highest BCUT2D eigenvalue weighted by molar-refractivity contribution is 5.81. The Kier molecular flexibility index (Phi) is 2.29. The standard InChI is InChI=1S/C13H18N2/c1-7(2)13-14-11-6-8(3)9(4)10(5)12(11)15-13/h6-7H,1-5H3,(H,14,15). The molecule has 2 rings (SSSR count). The zero-order chi connectivity index (χ0) is 11.2. The molecule has 2 aromatic rings. The van der Waals surface area contributed by atoms with E-state index in [1.807, 2.05) is 0 Å². The van der Waals surface area contributed by atoms with Crippen molar-refractivity contribution in [1.29, 1.82) is 0 Å². The van der Waals surface area contributed by atoms with Crippen molar-refractivity contribution in [3.8, 4) is 0 Å². The Morgan fingerprint density at radius 2 is 1.80 bits per heavy atom. The highest BCUT2D eigenvalue weighted by Crippen LogP contribution is 2.24. The number of hydrogen-bond donors (Lipinski definition) is 1. The predicted octanol–water partition coefficient (Wildman–Crippen LogP) is 3.61. The van der Waals surface area contributed by atoms with Crippen LogP contribution in [-0.2, 0) is 0 Å². The molecule has 0 saturated carbocycles. The van der Waals surface area contributed by atoms with E-state index in [1.165, 1.54) is 22.2 Å². The number of hydrogen-bond acceptors (Lipinski definition) is 1. The third kappa shape index (κ3) is 1.54. The van der Waals surface area contributed by atoms with Crippen LogP contribution in [0.3, 0.4) is 0 Å². The number of aromatic nitrogens is 2. The second-order valence-electron chi connectivity index (χ2n) is 4.62. The Hall–Kier alpha value is -1.31. The second kappa shape index (κ2) is 3.37. The van der Waals surface area contributed by atoms with Gasteiger partial charge in [-0.2, -0.15) is 0 Å². The molecular weight excluding hydrogens is 184 g/mol. The summed E-state index contributed by atoms with van der Waals surface area (Å²) in [5.74, 6) is 1.54. The molecule has 0 radical (unpaired) electrons. The van der Waals surface area contributed by atoms with Gasteiger partial charge in [0.25, 0.3) is 0 Å². The summed E-state index contributed by atoms with van der Waals surface area (Å²) in [6.45, 7) is 10.8. The summed E-state index contributed by atoms with van der Waals surface area (Å²) >= 11 is 0. The van der Waals surface area contributed by atoms with Crippen LogP contribution in [-0.4, -0.2) is 9.97 Å². The fourth-order valence-electron chi connectivity index (χ4n) is 1.87. The summed E-state index contributed by atoms with van der Waals surface area (Å²) in [7, 11) is 0. The van der Waals surface area contributed by atoms with Gasteiger partial charge in [-0.1, -0.05) is 13.8 Å². The number of nitrogens with zero attached hydrogens (tertiary/aromatic N) is 1. The molecule has 0 saturated heterocycles. The van der Waals surface area contributed by atoms with Crippen LogP contribution in [0.1, 0.15) is 42.3 Å². The van der Waals surface area contributed by atoms with Gasteiger partial charge in [-0.25, -0.2) is 4.98 Å². The predicted molar refractivity (Wildman–Crippen MR) is 64.4 cm³/mol. The molecule has 80 valence electrons. The number of aryl methyl sites for hydroxylation is 2. The van der Waals surface area contributed by atoms with E-state index < -0.39 is 0 Å². The van der Waals surface area contributed by atoms with E-state index in [0.717, 1.165) is 11.3 Å². The first-order valence-corrected chi connectivity index (χ1v) is 5.47. The monoisotopic (exact) mass is 202 g/mol. The second-order valence-corrected chi connectivity index (χ2v) is 4.62. The minimum absolute atomic E-state index is 0.456. The Bertz CT molecular complexity index is 507. The lowest BCUT2D eigenvalue weighted by Gasteiger charge is -2.04. The van der Waals surface area contributed by atoms with E-state index in [-0.39, 0.29) is 0 Å². The number of imidazole rings is 1. The van der Waals surface area contributed by atoms with Gasteiger partial charge in [0, 0.05) is 5.92 Å².